The van der Waals surface area contributed by atoms with Crippen LogP contribution in [0.4, 0.5) is 13.2 Å². The van der Waals surface area contributed by atoms with Crippen LogP contribution in [0.15, 0.2) is 63.9 Å². The SMILES string of the molecule is CC(=Cc1csc(COS(=O)(=O)c2ccc(C)cc2)n1)[C@@H]1CC=C(C(F)(F)F)CC=C[C@H](C)[C@H](O)[C@@H](C)C(=O)C(C)(C)[C@@H](O)CC(=O)O1. The maximum atomic E-state index is 14.0. The van der Waals surface area contributed by atoms with Crippen molar-refractivity contribution in [2.45, 2.75) is 96.8 Å². The number of allylic oxidation sites excluding steroid dienone is 2. The van der Waals surface area contributed by atoms with E-state index in [1.807, 2.05) is 6.92 Å². The number of esters is 1. The number of ether oxygens (including phenoxy) is 1. The zero-order valence-electron chi connectivity index (χ0n) is 27.7. The Morgan fingerprint density at radius 2 is 1.81 bits per heavy atom. The van der Waals surface area contributed by atoms with Crippen LogP contribution in [0.5, 0.6) is 0 Å². The number of ketones is 1. The van der Waals surface area contributed by atoms with Gasteiger partial charge in [-0.15, -0.1) is 11.3 Å². The molecular weight excluding hydrogens is 672 g/mol. The molecule has 0 fully saturated rings. The average molecular weight is 714 g/mol. The van der Waals surface area contributed by atoms with Crippen LogP contribution in [0, 0.1) is 24.2 Å². The average Bonchev–Trinajstić information content (AvgIpc) is 3.45. The number of alkyl halides is 3. The molecule has 1 aliphatic rings. The number of aliphatic hydroxyl groups is 2. The van der Waals surface area contributed by atoms with Crippen LogP contribution in [0.1, 0.15) is 70.1 Å². The highest BCUT2D eigenvalue weighted by Gasteiger charge is 2.42. The predicted molar refractivity (Wildman–Crippen MR) is 175 cm³/mol. The minimum Gasteiger partial charge on any atom is -0.457 e. The lowest BCUT2D eigenvalue weighted by atomic mass is 9.73. The number of hydrogen-bond acceptors (Lipinski definition) is 10. The summed E-state index contributed by atoms with van der Waals surface area (Å²) in [5, 5.41) is 23.5. The quantitative estimate of drug-likeness (QED) is 0.195. The van der Waals surface area contributed by atoms with E-state index in [0.717, 1.165) is 23.0 Å². The topological polar surface area (TPSA) is 140 Å². The first kappa shape index (κ1) is 39.3. The second-order valence-electron chi connectivity index (χ2n) is 12.6. The number of aromatic nitrogens is 1. The molecule has 1 aliphatic heterocycles. The van der Waals surface area contributed by atoms with Crippen LogP contribution in [-0.4, -0.2) is 59.9 Å². The molecule has 2 N–H and O–H groups in total. The first-order chi connectivity index (χ1) is 22.2. The monoisotopic (exact) mass is 713 g/mol. The van der Waals surface area contributed by atoms with E-state index >= 15 is 0 Å². The number of Topliss-reactive ketones (excluding diaryl/α,β-unsaturated/α-hetero) is 1. The molecule has 5 atom stereocenters. The number of halogens is 3. The first-order valence-corrected chi connectivity index (χ1v) is 17.6. The highest BCUT2D eigenvalue weighted by molar-refractivity contribution is 7.86. The molecule has 2 aromatic rings. The highest BCUT2D eigenvalue weighted by Crippen LogP contribution is 2.33. The van der Waals surface area contributed by atoms with E-state index in [1.54, 1.807) is 31.4 Å². The molecule has 264 valence electrons. The van der Waals surface area contributed by atoms with Crippen LogP contribution in [-0.2, 0) is 35.2 Å². The fraction of sp³-hybridized carbons (Fsp3) is 0.500. The maximum Gasteiger partial charge on any atom is 0.412 e. The lowest BCUT2D eigenvalue weighted by Crippen LogP contribution is -2.45. The summed E-state index contributed by atoms with van der Waals surface area (Å²) in [6.45, 7) is 8.97. The summed E-state index contributed by atoms with van der Waals surface area (Å²) < 4.78 is 77.8. The highest BCUT2D eigenvalue weighted by atomic mass is 32.2. The maximum absolute atomic E-state index is 14.0. The Hall–Kier alpha value is -3.17. The zero-order chi connectivity index (χ0) is 36.0. The second kappa shape index (κ2) is 16.0. The summed E-state index contributed by atoms with van der Waals surface area (Å²) in [7, 11) is -4.05. The van der Waals surface area contributed by atoms with Gasteiger partial charge >= 0.3 is 12.1 Å². The number of hydrogen-bond donors (Lipinski definition) is 2. The lowest BCUT2D eigenvalue weighted by molar-refractivity contribution is -0.154. The number of aliphatic hydroxyl groups excluding tert-OH is 2. The third-order valence-corrected chi connectivity index (χ3v) is 10.5. The van der Waals surface area contributed by atoms with Crippen molar-refractivity contribution in [2.24, 2.45) is 17.3 Å². The molecule has 1 aromatic heterocycles. The molecule has 3 rings (SSSR count). The Labute approximate surface area is 283 Å². The van der Waals surface area contributed by atoms with Crippen molar-refractivity contribution in [3.8, 4) is 0 Å². The van der Waals surface area contributed by atoms with Crippen molar-refractivity contribution in [3.05, 3.63) is 75.3 Å². The standard InChI is InChI=1S/C34H42F3NO8S2/c1-20-10-13-26(14-11-20)48(43,44)45-18-29-38-25(19-47-29)16-22(3)27-15-12-24(34(35,36)37)9-7-8-21(2)31(41)23(4)32(42)33(5,6)28(39)17-30(40)46-27/h7-8,10-14,16,19,21,23,27-28,31,39,41H,9,15,17-18H2,1-6H3/t21-,23+,27-,28-,31-/m0/s1. The van der Waals surface area contributed by atoms with Gasteiger partial charge < -0.3 is 14.9 Å². The number of nitrogens with zero attached hydrogens (tertiary/aromatic N) is 1. The van der Waals surface area contributed by atoms with E-state index in [1.165, 1.54) is 51.1 Å². The number of rotatable bonds is 6. The lowest BCUT2D eigenvalue weighted by Gasteiger charge is -2.34. The van der Waals surface area contributed by atoms with Crippen LogP contribution < -0.4 is 0 Å². The predicted octanol–water partition coefficient (Wildman–Crippen LogP) is 6.49. The first-order valence-electron chi connectivity index (χ1n) is 15.3. The number of cyclic esters (lactones) is 1. The van der Waals surface area contributed by atoms with E-state index < -0.39 is 82.0 Å². The van der Waals surface area contributed by atoms with E-state index in [4.69, 9.17) is 8.92 Å². The van der Waals surface area contributed by atoms with Crippen LogP contribution >= 0.6 is 11.3 Å². The minimum atomic E-state index is -4.70. The van der Waals surface area contributed by atoms with Crippen LogP contribution in [0.25, 0.3) is 6.08 Å². The summed E-state index contributed by atoms with van der Waals surface area (Å²) in [4.78, 5) is 30.6. The molecular formula is C34H42F3NO8S2. The Morgan fingerprint density at radius 3 is 2.44 bits per heavy atom. The normalized spacial score (nSPS) is 25.4. The summed E-state index contributed by atoms with van der Waals surface area (Å²) in [5.74, 6) is -3.10. The second-order valence-corrected chi connectivity index (χ2v) is 15.2. The van der Waals surface area contributed by atoms with Crippen molar-refractivity contribution >= 4 is 39.3 Å². The molecule has 2 heterocycles. The Balaban J connectivity index is 1.90. The van der Waals surface area contributed by atoms with Gasteiger partial charge in [-0.05, 0) is 44.1 Å². The molecule has 0 saturated carbocycles. The van der Waals surface area contributed by atoms with Gasteiger partial charge in [0.25, 0.3) is 10.1 Å². The molecule has 9 nitrogen and oxygen atoms in total. The molecule has 1 aromatic carbocycles. The molecule has 48 heavy (non-hydrogen) atoms. The van der Waals surface area contributed by atoms with Gasteiger partial charge in [0.05, 0.1) is 34.6 Å². The number of carbonyl (C=O) groups is 2. The molecule has 0 aliphatic carbocycles. The molecule has 0 bridgehead atoms. The third kappa shape index (κ3) is 10.4. The largest absolute Gasteiger partial charge is 0.457 e. The van der Waals surface area contributed by atoms with E-state index in [9.17, 15) is 41.4 Å². The Bertz CT molecular complexity index is 1640. The van der Waals surface area contributed by atoms with Crippen molar-refractivity contribution in [1.29, 1.82) is 0 Å². The smallest absolute Gasteiger partial charge is 0.412 e. The van der Waals surface area contributed by atoms with Gasteiger partial charge in [0.2, 0.25) is 0 Å². The summed E-state index contributed by atoms with van der Waals surface area (Å²) in [5.41, 5.74) is -0.794. The fourth-order valence-electron chi connectivity index (χ4n) is 5.08. The molecule has 14 heteroatoms. The minimum absolute atomic E-state index is 0.0105. The number of carbonyl (C=O) groups excluding carboxylic acids is 2. The van der Waals surface area contributed by atoms with Gasteiger partial charge in [-0.1, -0.05) is 63.6 Å². The van der Waals surface area contributed by atoms with E-state index in [-0.39, 0.29) is 17.9 Å². The van der Waals surface area contributed by atoms with Crippen molar-refractivity contribution in [1.82, 2.24) is 4.98 Å². The van der Waals surface area contributed by atoms with Gasteiger partial charge in [0.15, 0.2) is 0 Å². The number of thiazole rings is 1. The van der Waals surface area contributed by atoms with E-state index in [0.29, 0.717) is 16.3 Å². The molecule has 0 amide bonds. The molecule has 0 spiro atoms. The van der Waals surface area contributed by atoms with Gasteiger partial charge in [-0.2, -0.15) is 21.6 Å². The van der Waals surface area contributed by atoms with Gasteiger partial charge in [-0.25, -0.2) is 4.98 Å². The van der Waals surface area contributed by atoms with Crippen LogP contribution in [0.3, 0.4) is 0 Å². The zero-order valence-corrected chi connectivity index (χ0v) is 29.3. The van der Waals surface area contributed by atoms with Gasteiger partial charge in [-0.3, -0.25) is 13.8 Å². The summed E-state index contributed by atoms with van der Waals surface area (Å²) in [6, 6.07) is 6.14. The van der Waals surface area contributed by atoms with Crippen molar-refractivity contribution in [3.63, 3.8) is 0 Å². The fourth-order valence-corrected chi connectivity index (χ4v) is 6.69. The summed E-state index contributed by atoms with van der Waals surface area (Å²) in [6.07, 6.45) is -4.99. The number of aryl methyl sites for hydroxylation is 1. The van der Waals surface area contributed by atoms with Gasteiger partial charge in [0, 0.05) is 29.2 Å². The van der Waals surface area contributed by atoms with Gasteiger partial charge in [0.1, 0.15) is 23.5 Å². The van der Waals surface area contributed by atoms with Crippen LogP contribution in [0.2, 0.25) is 0 Å². The Morgan fingerprint density at radius 1 is 1.17 bits per heavy atom. The van der Waals surface area contributed by atoms with E-state index in [2.05, 4.69) is 4.98 Å². The Kier molecular flexibility index (Phi) is 13.1. The molecule has 0 saturated heterocycles. The van der Waals surface area contributed by atoms with Crippen molar-refractivity contribution in [2.75, 3.05) is 0 Å². The van der Waals surface area contributed by atoms with Crippen molar-refractivity contribution < 1.29 is 50.3 Å². The third-order valence-electron chi connectivity index (χ3n) is 8.39. The number of benzene rings is 1. The molecule has 0 unspecified atom stereocenters. The molecule has 0 radical (unpaired) electrons. The summed E-state index contributed by atoms with van der Waals surface area (Å²) >= 11 is 1.10.